The lowest BCUT2D eigenvalue weighted by molar-refractivity contribution is -0.116. The van der Waals surface area contributed by atoms with E-state index in [0.29, 0.717) is 39.5 Å². The SMILES string of the molecule is NCCOCCOCCNC(=O)/C=C/c1ccc(O)cc1. The van der Waals surface area contributed by atoms with Gasteiger partial charge in [0.1, 0.15) is 5.75 Å². The number of carbonyl (C=O) groups excluding carboxylic acids is 1. The summed E-state index contributed by atoms with van der Waals surface area (Å²) in [6, 6.07) is 6.59. The third-order valence-corrected chi connectivity index (χ3v) is 2.50. The van der Waals surface area contributed by atoms with E-state index in [-0.39, 0.29) is 11.7 Å². The first kappa shape index (κ1) is 17.2. The fourth-order valence-corrected chi connectivity index (χ4v) is 1.47. The second-order valence-electron chi connectivity index (χ2n) is 4.23. The molecule has 0 aliphatic rings. The number of nitrogens with two attached hydrogens (primary N) is 1. The first-order valence-corrected chi connectivity index (χ1v) is 6.83. The van der Waals surface area contributed by atoms with Gasteiger partial charge in [0.25, 0.3) is 0 Å². The maximum Gasteiger partial charge on any atom is 0.244 e. The highest BCUT2D eigenvalue weighted by Gasteiger charge is 1.95. The Morgan fingerprint density at radius 1 is 1.14 bits per heavy atom. The number of phenolic OH excluding ortho intramolecular Hbond substituents is 1. The zero-order valence-corrected chi connectivity index (χ0v) is 12.0. The van der Waals surface area contributed by atoms with Gasteiger partial charge in [0.05, 0.1) is 26.4 Å². The molecular weight excluding hydrogens is 272 g/mol. The van der Waals surface area contributed by atoms with E-state index in [1.54, 1.807) is 30.3 Å². The molecule has 4 N–H and O–H groups in total. The van der Waals surface area contributed by atoms with Crippen molar-refractivity contribution in [2.24, 2.45) is 5.73 Å². The van der Waals surface area contributed by atoms with E-state index in [2.05, 4.69) is 5.32 Å². The van der Waals surface area contributed by atoms with Crippen molar-refractivity contribution in [2.75, 3.05) is 39.5 Å². The second kappa shape index (κ2) is 10.8. The quantitative estimate of drug-likeness (QED) is 0.432. The Bertz CT molecular complexity index is 432. The molecule has 0 saturated carbocycles. The van der Waals surface area contributed by atoms with Crippen molar-refractivity contribution < 1.29 is 19.4 Å². The molecule has 0 aliphatic carbocycles. The topological polar surface area (TPSA) is 93.8 Å². The fourth-order valence-electron chi connectivity index (χ4n) is 1.47. The monoisotopic (exact) mass is 294 g/mol. The van der Waals surface area contributed by atoms with E-state index in [9.17, 15) is 4.79 Å². The summed E-state index contributed by atoms with van der Waals surface area (Å²) in [5.41, 5.74) is 6.11. The molecule has 0 spiro atoms. The number of phenols is 1. The summed E-state index contributed by atoms with van der Waals surface area (Å²) in [6.45, 7) is 2.90. The number of carbonyl (C=O) groups is 1. The molecular formula is C15H22N2O4. The van der Waals surface area contributed by atoms with Gasteiger partial charge in [0, 0.05) is 19.2 Å². The summed E-state index contributed by atoms with van der Waals surface area (Å²) in [6.07, 6.45) is 3.12. The van der Waals surface area contributed by atoms with Crippen LogP contribution >= 0.6 is 0 Å². The third-order valence-electron chi connectivity index (χ3n) is 2.50. The molecule has 6 nitrogen and oxygen atoms in total. The number of amides is 1. The minimum absolute atomic E-state index is 0.189. The van der Waals surface area contributed by atoms with Crippen LogP contribution in [-0.4, -0.2) is 50.5 Å². The van der Waals surface area contributed by atoms with Crippen LogP contribution < -0.4 is 11.1 Å². The van der Waals surface area contributed by atoms with E-state index in [4.69, 9.17) is 20.3 Å². The largest absolute Gasteiger partial charge is 0.508 e. The predicted octanol–water partition coefficient (Wildman–Crippen LogP) is 0.514. The van der Waals surface area contributed by atoms with Crippen LogP contribution in [0.3, 0.4) is 0 Å². The van der Waals surface area contributed by atoms with E-state index in [1.165, 1.54) is 6.08 Å². The first-order chi connectivity index (χ1) is 10.2. The Kier molecular flexibility index (Phi) is 8.86. The molecule has 1 aromatic rings. The van der Waals surface area contributed by atoms with Gasteiger partial charge in [0.2, 0.25) is 5.91 Å². The van der Waals surface area contributed by atoms with Gasteiger partial charge in [-0.05, 0) is 23.8 Å². The molecule has 0 aromatic heterocycles. The van der Waals surface area contributed by atoms with E-state index < -0.39 is 0 Å². The van der Waals surface area contributed by atoms with Crippen LogP contribution in [0.2, 0.25) is 0 Å². The minimum Gasteiger partial charge on any atom is -0.508 e. The van der Waals surface area contributed by atoms with Crippen LogP contribution in [0.1, 0.15) is 5.56 Å². The number of benzene rings is 1. The van der Waals surface area contributed by atoms with Crippen LogP contribution in [0.25, 0.3) is 6.08 Å². The average molecular weight is 294 g/mol. The van der Waals surface area contributed by atoms with Gasteiger partial charge in [-0.2, -0.15) is 0 Å². The number of hydrogen-bond acceptors (Lipinski definition) is 5. The molecule has 0 radical (unpaired) electrons. The maximum absolute atomic E-state index is 11.5. The number of aromatic hydroxyl groups is 1. The lowest BCUT2D eigenvalue weighted by Crippen LogP contribution is -2.26. The Balaban J connectivity index is 2.07. The van der Waals surface area contributed by atoms with Crippen LogP contribution in [0.5, 0.6) is 5.75 Å². The van der Waals surface area contributed by atoms with Crippen molar-refractivity contribution >= 4 is 12.0 Å². The van der Waals surface area contributed by atoms with Crippen molar-refractivity contribution in [3.63, 3.8) is 0 Å². The summed E-state index contributed by atoms with van der Waals surface area (Å²) >= 11 is 0. The standard InChI is InChI=1S/C15H22N2O4/c16-7-9-20-11-12-21-10-8-17-15(19)6-3-13-1-4-14(18)5-2-13/h1-6,18H,7-12,16H2,(H,17,19)/b6-3+. The molecule has 0 aliphatic heterocycles. The van der Waals surface area contributed by atoms with Crippen LogP contribution in [0.15, 0.2) is 30.3 Å². The van der Waals surface area contributed by atoms with Gasteiger partial charge >= 0.3 is 0 Å². The molecule has 1 rings (SSSR count). The Hall–Kier alpha value is -1.89. The van der Waals surface area contributed by atoms with Crippen LogP contribution in [-0.2, 0) is 14.3 Å². The third kappa shape index (κ3) is 8.80. The number of ether oxygens (including phenoxy) is 2. The van der Waals surface area contributed by atoms with Gasteiger partial charge in [-0.1, -0.05) is 12.1 Å². The van der Waals surface area contributed by atoms with Crippen molar-refractivity contribution in [1.82, 2.24) is 5.32 Å². The van der Waals surface area contributed by atoms with Gasteiger partial charge in [-0.3, -0.25) is 4.79 Å². The molecule has 0 unspecified atom stereocenters. The normalized spacial score (nSPS) is 10.9. The summed E-state index contributed by atoms with van der Waals surface area (Å²) < 4.78 is 10.4. The Labute approximate surface area is 124 Å². The number of rotatable bonds is 10. The molecule has 1 aromatic carbocycles. The molecule has 1 amide bonds. The second-order valence-corrected chi connectivity index (χ2v) is 4.23. The zero-order chi connectivity index (χ0) is 15.3. The van der Waals surface area contributed by atoms with Crippen LogP contribution in [0, 0.1) is 0 Å². The number of hydrogen-bond donors (Lipinski definition) is 3. The highest BCUT2D eigenvalue weighted by Crippen LogP contribution is 2.10. The van der Waals surface area contributed by atoms with Crippen molar-refractivity contribution in [3.8, 4) is 5.75 Å². The van der Waals surface area contributed by atoms with Gasteiger partial charge in [0.15, 0.2) is 0 Å². The molecule has 0 saturated heterocycles. The molecule has 0 atom stereocenters. The van der Waals surface area contributed by atoms with Crippen molar-refractivity contribution in [1.29, 1.82) is 0 Å². The molecule has 0 heterocycles. The first-order valence-electron chi connectivity index (χ1n) is 6.83. The van der Waals surface area contributed by atoms with E-state index in [1.807, 2.05) is 0 Å². The fraction of sp³-hybridized carbons (Fsp3) is 0.400. The molecule has 0 fully saturated rings. The lowest BCUT2D eigenvalue weighted by atomic mass is 10.2. The molecule has 21 heavy (non-hydrogen) atoms. The highest BCUT2D eigenvalue weighted by molar-refractivity contribution is 5.91. The molecule has 116 valence electrons. The minimum atomic E-state index is -0.189. The van der Waals surface area contributed by atoms with Crippen molar-refractivity contribution in [3.05, 3.63) is 35.9 Å². The summed E-state index contributed by atoms with van der Waals surface area (Å²) in [5.74, 6) is 0.00949. The lowest BCUT2D eigenvalue weighted by Gasteiger charge is -2.05. The van der Waals surface area contributed by atoms with Gasteiger partial charge < -0.3 is 25.6 Å². The van der Waals surface area contributed by atoms with Gasteiger partial charge in [-0.25, -0.2) is 0 Å². The summed E-state index contributed by atoms with van der Waals surface area (Å²) in [4.78, 5) is 11.5. The molecule has 6 heteroatoms. The maximum atomic E-state index is 11.5. The van der Waals surface area contributed by atoms with Crippen LogP contribution in [0.4, 0.5) is 0 Å². The van der Waals surface area contributed by atoms with E-state index >= 15 is 0 Å². The zero-order valence-electron chi connectivity index (χ0n) is 12.0. The Morgan fingerprint density at radius 2 is 1.81 bits per heavy atom. The summed E-state index contributed by atoms with van der Waals surface area (Å²) in [7, 11) is 0. The highest BCUT2D eigenvalue weighted by atomic mass is 16.5. The summed E-state index contributed by atoms with van der Waals surface area (Å²) in [5, 5.41) is 11.8. The predicted molar refractivity (Wildman–Crippen MR) is 80.8 cm³/mol. The van der Waals surface area contributed by atoms with Gasteiger partial charge in [-0.15, -0.1) is 0 Å². The Morgan fingerprint density at radius 3 is 2.48 bits per heavy atom. The smallest absolute Gasteiger partial charge is 0.244 e. The van der Waals surface area contributed by atoms with Crippen molar-refractivity contribution in [2.45, 2.75) is 0 Å². The average Bonchev–Trinajstić information content (AvgIpc) is 2.49. The van der Waals surface area contributed by atoms with E-state index in [0.717, 1.165) is 5.56 Å². The molecule has 0 bridgehead atoms. The number of nitrogens with one attached hydrogen (secondary N) is 1.